The van der Waals surface area contributed by atoms with Crippen molar-refractivity contribution in [2.24, 2.45) is 0 Å². The van der Waals surface area contributed by atoms with Crippen LogP contribution in [0.2, 0.25) is 0 Å². The minimum atomic E-state index is 0. The summed E-state index contributed by atoms with van der Waals surface area (Å²) in [5, 5.41) is 7.88. The van der Waals surface area contributed by atoms with Gasteiger partial charge in [0.15, 0.2) is 0 Å². The van der Waals surface area contributed by atoms with Crippen LogP contribution in [0.3, 0.4) is 0 Å². The number of hydrogen-bond donors (Lipinski definition) is 1. The molecule has 0 aromatic heterocycles. The topological polar surface area (TPSA) is 48.7 Å². The third-order valence-corrected chi connectivity index (χ3v) is 0.224. The number of aliphatic hydroxyl groups excluding tert-OH is 1. The Morgan fingerprint density at radius 2 is 1.67 bits per heavy atom. The molecule has 0 aliphatic rings. The summed E-state index contributed by atoms with van der Waals surface area (Å²) in [5.41, 5.74) is 0. The summed E-state index contributed by atoms with van der Waals surface area (Å²) in [6.07, 6.45) is 0.875. The predicted molar refractivity (Wildman–Crippen MR) is 18.1 cm³/mol. The standard InChI is InChI=1S/C3H8O.O.Zn/c1-2-3-4;;/h4H,2-3H2,1H3;;/q;-2;+2. The smallest absolute Gasteiger partial charge is 2.00 e. The fourth-order valence-electron chi connectivity index (χ4n) is 0. The van der Waals surface area contributed by atoms with Crippen LogP contribution < -0.4 is 0 Å². The molecule has 0 aromatic carbocycles. The van der Waals surface area contributed by atoms with E-state index in [1.165, 1.54) is 0 Å². The van der Waals surface area contributed by atoms with Crippen LogP contribution in [-0.2, 0) is 25.0 Å². The van der Waals surface area contributed by atoms with E-state index in [0.717, 1.165) is 6.42 Å². The average molecular weight is 141 g/mol. The normalized spacial score (nSPS) is 5.00. The van der Waals surface area contributed by atoms with Crippen molar-refractivity contribution >= 4 is 0 Å². The Balaban J connectivity index is -0.0000000450. The SMILES string of the molecule is CCCO.[O-2].[Zn+2]. The van der Waals surface area contributed by atoms with Gasteiger partial charge in [-0.3, -0.25) is 0 Å². The van der Waals surface area contributed by atoms with Crippen LogP contribution in [0.4, 0.5) is 0 Å². The zero-order valence-corrected chi connectivity index (χ0v) is 6.94. The molecule has 0 fully saturated rings. The van der Waals surface area contributed by atoms with Gasteiger partial charge in [-0.25, -0.2) is 0 Å². The quantitative estimate of drug-likeness (QED) is 0.524. The molecule has 0 aliphatic carbocycles. The second-order valence-corrected chi connectivity index (χ2v) is 0.724. The third kappa shape index (κ3) is 23.9. The second-order valence-electron chi connectivity index (χ2n) is 0.724. The van der Waals surface area contributed by atoms with E-state index in [1.54, 1.807) is 0 Å². The van der Waals surface area contributed by atoms with Crippen molar-refractivity contribution in [2.75, 3.05) is 6.61 Å². The van der Waals surface area contributed by atoms with E-state index in [9.17, 15) is 0 Å². The zero-order valence-electron chi connectivity index (χ0n) is 3.98. The molecule has 0 spiro atoms. The molecule has 1 N–H and O–H groups in total. The Morgan fingerprint density at radius 1 is 1.50 bits per heavy atom. The molecular formula is C3H8O2Zn. The Bertz CT molecular complexity index is 10.8. The summed E-state index contributed by atoms with van der Waals surface area (Å²) in [4.78, 5) is 0. The molecule has 0 heterocycles. The van der Waals surface area contributed by atoms with Gasteiger partial charge in [0.25, 0.3) is 0 Å². The molecule has 2 nitrogen and oxygen atoms in total. The van der Waals surface area contributed by atoms with E-state index in [2.05, 4.69) is 0 Å². The molecule has 0 rings (SSSR count). The second kappa shape index (κ2) is 17.7. The Kier molecular flexibility index (Phi) is 47.2. The van der Waals surface area contributed by atoms with Crippen LogP contribution in [0.1, 0.15) is 13.3 Å². The first-order valence-corrected chi connectivity index (χ1v) is 1.52. The minimum Gasteiger partial charge on any atom is -2.00 e. The zero-order chi connectivity index (χ0) is 3.41. The first-order chi connectivity index (χ1) is 1.91. The Hall–Kier alpha value is 0.543. The van der Waals surface area contributed by atoms with Crippen molar-refractivity contribution in [1.82, 2.24) is 0 Å². The van der Waals surface area contributed by atoms with Crippen LogP contribution in [0.5, 0.6) is 0 Å². The summed E-state index contributed by atoms with van der Waals surface area (Å²) in [7, 11) is 0. The first kappa shape index (κ1) is 16.0. The van der Waals surface area contributed by atoms with Crippen molar-refractivity contribution < 1.29 is 30.1 Å². The fraction of sp³-hybridized carbons (Fsp3) is 1.00. The van der Waals surface area contributed by atoms with E-state index >= 15 is 0 Å². The van der Waals surface area contributed by atoms with Crippen LogP contribution in [0.15, 0.2) is 0 Å². The van der Waals surface area contributed by atoms with Crippen molar-refractivity contribution in [3.05, 3.63) is 0 Å². The summed E-state index contributed by atoms with van der Waals surface area (Å²) in [5.74, 6) is 0. The molecule has 0 bridgehead atoms. The van der Waals surface area contributed by atoms with Gasteiger partial charge in [-0.1, -0.05) is 6.92 Å². The molecule has 0 radical (unpaired) electrons. The van der Waals surface area contributed by atoms with Gasteiger partial charge in [-0.15, -0.1) is 0 Å². The summed E-state index contributed by atoms with van der Waals surface area (Å²) in [6, 6.07) is 0. The van der Waals surface area contributed by atoms with Crippen LogP contribution >= 0.6 is 0 Å². The van der Waals surface area contributed by atoms with Gasteiger partial charge in [0.05, 0.1) is 0 Å². The molecule has 34 valence electrons. The van der Waals surface area contributed by atoms with Gasteiger partial charge in [0, 0.05) is 6.61 Å². The summed E-state index contributed by atoms with van der Waals surface area (Å²) < 4.78 is 0. The maximum absolute atomic E-state index is 7.88. The number of rotatable bonds is 1. The third-order valence-electron chi connectivity index (χ3n) is 0.224. The van der Waals surface area contributed by atoms with Gasteiger partial charge >= 0.3 is 19.5 Å². The van der Waals surface area contributed by atoms with Gasteiger partial charge in [0.2, 0.25) is 0 Å². The van der Waals surface area contributed by atoms with Crippen LogP contribution in [-0.4, -0.2) is 11.7 Å². The molecule has 0 unspecified atom stereocenters. The summed E-state index contributed by atoms with van der Waals surface area (Å²) >= 11 is 0. The molecule has 6 heavy (non-hydrogen) atoms. The van der Waals surface area contributed by atoms with Crippen molar-refractivity contribution in [3.63, 3.8) is 0 Å². The van der Waals surface area contributed by atoms with Gasteiger partial charge in [0.1, 0.15) is 0 Å². The predicted octanol–water partition coefficient (Wildman–Crippen LogP) is 0.267. The Labute approximate surface area is 50.6 Å². The number of hydrogen-bond acceptors (Lipinski definition) is 1. The average Bonchev–Trinajstić information content (AvgIpc) is 1.37. The van der Waals surface area contributed by atoms with Gasteiger partial charge in [-0.2, -0.15) is 0 Å². The molecular weight excluding hydrogens is 133 g/mol. The fourth-order valence-corrected chi connectivity index (χ4v) is 0. The van der Waals surface area contributed by atoms with Gasteiger partial charge in [-0.05, 0) is 6.42 Å². The maximum atomic E-state index is 7.88. The van der Waals surface area contributed by atoms with E-state index < -0.39 is 0 Å². The van der Waals surface area contributed by atoms with E-state index in [-0.39, 0.29) is 25.0 Å². The number of aliphatic hydroxyl groups is 1. The molecule has 0 aromatic rings. The molecule has 0 atom stereocenters. The molecule has 0 saturated heterocycles. The monoisotopic (exact) mass is 140 g/mol. The minimum absolute atomic E-state index is 0. The Morgan fingerprint density at radius 3 is 1.67 bits per heavy atom. The molecule has 3 heteroatoms. The van der Waals surface area contributed by atoms with E-state index in [0.29, 0.717) is 6.61 Å². The molecule has 0 amide bonds. The van der Waals surface area contributed by atoms with E-state index in [4.69, 9.17) is 5.11 Å². The van der Waals surface area contributed by atoms with Crippen LogP contribution in [0, 0.1) is 0 Å². The van der Waals surface area contributed by atoms with Crippen molar-refractivity contribution in [2.45, 2.75) is 13.3 Å². The van der Waals surface area contributed by atoms with E-state index in [1.807, 2.05) is 6.92 Å². The van der Waals surface area contributed by atoms with Crippen molar-refractivity contribution in [3.8, 4) is 0 Å². The molecule has 0 saturated carbocycles. The van der Waals surface area contributed by atoms with Gasteiger partial charge < -0.3 is 10.6 Å². The first-order valence-electron chi connectivity index (χ1n) is 1.52. The maximum Gasteiger partial charge on any atom is 2.00 e. The van der Waals surface area contributed by atoms with Crippen molar-refractivity contribution in [1.29, 1.82) is 0 Å². The largest absolute Gasteiger partial charge is 2.00 e. The van der Waals surface area contributed by atoms with Crippen LogP contribution in [0.25, 0.3) is 0 Å². The molecule has 0 aliphatic heterocycles. The summed E-state index contributed by atoms with van der Waals surface area (Å²) in [6.45, 7) is 2.25.